The summed E-state index contributed by atoms with van der Waals surface area (Å²) in [6.07, 6.45) is 0. The van der Waals surface area contributed by atoms with E-state index >= 15 is 0 Å². The molecule has 2 N–H and O–H groups in total. The zero-order valence-corrected chi connectivity index (χ0v) is 12.5. The number of thioether (sulfide) groups is 1. The van der Waals surface area contributed by atoms with Crippen molar-refractivity contribution in [1.29, 1.82) is 0 Å². The Morgan fingerprint density at radius 3 is 2.63 bits per heavy atom. The molecule has 0 saturated carbocycles. The van der Waals surface area contributed by atoms with Crippen molar-refractivity contribution in [2.75, 3.05) is 5.73 Å². The average Bonchev–Trinajstić information content (AvgIpc) is 2.76. The molecule has 1 heterocycles. The molecule has 4 nitrogen and oxygen atoms in total. The third-order valence-corrected chi connectivity index (χ3v) is 3.85. The van der Waals surface area contributed by atoms with Gasteiger partial charge in [-0.1, -0.05) is 25.9 Å². The number of anilines is 1. The molecule has 0 unspecified atom stereocenters. The van der Waals surface area contributed by atoms with Crippen LogP contribution in [0.5, 0.6) is 0 Å². The van der Waals surface area contributed by atoms with Crippen molar-refractivity contribution in [3.63, 3.8) is 0 Å². The lowest BCUT2D eigenvalue weighted by Gasteiger charge is -2.10. The molecule has 2 aromatic rings. The Morgan fingerprint density at radius 2 is 2.05 bits per heavy atom. The van der Waals surface area contributed by atoms with E-state index in [1.165, 1.54) is 10.5 Å². The minimum atomic E-state index is -0.0798. The zero-order valence-electron chi connectivity index (χ0n) is 11.7. The Bertz CT molecular complexity index is 572. The summed E-state index contributed by atoms with van der Waals surface area (Å²) >= 11 is 1.68. The first-order valence-corrected chi connectivity index (χ1v) is 7.17. The second kappa shape index (κ2) is 5.25. The number of aryl methyl sites for hydroxylation is 1. The number of nitrogens with zero attached hydrogens (tertiary/aromatic N) is 2. The van der Waals surface area contributed by atoms with Crippen LogP contribution >= 0.6 is 11.8 Å². The predicted octanol–water partition coefficient (Wildman–Crippen LogP) is 3.55. The minimum absolute atomic E-state index is 0.0798. The first kappa shape index (κ1) is 13.9. The van der Waals surface area contributed by atoms with Crippen molar-refractivity contribution in [2.24, 2.45) is 0 Å². The van der Waals surface area contributed by atoms with Crippen LogP contribution in [0, 0.1) is 6.92 Å². The van der Waals surface area contributed by atoms with E-state index in [0.29, 0.717) is 11.6 Å². The number of nitrogens with two attached hydrogens (primary N) is 1. The van der Waals surface area contributed by atoms with Crippen LogP contribution < -0.4 is 5.73 Å². The highest BCUT2D eigenvalue weighted by molar-refractivity contribution is 7.98. The third-order valence-electron chi connectivity index (χ3n) is 2.69. The smallest absolute Gasteiger partial charge is 0.237 e. The lowest BCUT2D eigenvalue weighted by molar-refractivity contribution is 0.373. The summed E-state index contributed by atoms with van der Waals surface area (Å²) in [5, 5.41) is 4.02. The number of hydrogen-bond donors (Lipinski definition) is 1. The maximum Gasteiger partial charge on any atom is 0.237 e. The largest absolute Gasteiger partial charge is 0.399 e. The fourth-order valence-corrected chi connectivity index (χ4v) is 2.44. The van der Waals surface area contributed by atoms with Crippen LogP contribution in [-0.2, 0) is 11.2 Å². The Kier molecular flexibility index (Phi) is 3.85. The standard InChI is InChI=1S/C14H19N3OS/c1-9-7-10(15)5-6-11(9)19-8-12-16-13(17-18-12)14(2,3)4/h5-7H,8,15H2,1-4H3. The van der Waals surface area contributed by atoms with E-state index in [-0.39, 0.29) is 5.41 Å². The van der Waals surface area contributed by atoms with E-state index in [0.717, 1.165) is 11.5 Å². The van der Waals surface area contributed by atoms with Crippen molar-refractivity contribution < 1.29 is 4.52 Å². The lowest BCUT2D eigenvalue weighted by Crippen LogP contribution is -2.13. The number of benzene rings is 1. The van der Waals surface area contributed by atoms with Gasteiger partial charge in [0.15, 0.2) is 5.82 Å². The summed E-state index contributed by atoms with van der Waals surface area (Å²) in [5.41, 5.74) is 7.61. The Hall–Kier alpha value is -1.49. The Balaban J connectivity index is 2.04. The zero-order chi connectivity index (χ0) is 14.0. The highest BCUT2D eigenvalue weighted by atomic mass is 32.2. The number of aromatic nitrogens is 2. The van der Waals surface area contributed by atoms with Crippen LogP contribution in [0.1, 0.15) is 38.0 Å². The van der Waals surface area contributed by atoms with Gasteiger partial charge in [-0.15, -0.1) is 11.8 Å². The Labute approximate surface area is 117 Å². The molecule has 0 aliphatic carbocycles. The first-order valence-electron chi connectivity index (χ1n) is 6.18. The molecular formula is C14H19N3OS. The number of hydrogen-bond acceptors (Lipinski definition) is 5. The van der Waals surface area contributed by atoms with E-state index in [4.69, 9.17) is 10.3 Å². The molecule has 0 spiro atoms. The molecular weight excluding hydrogens is 258 g/mol. The van der Waals surface area contributed by atoms with Gasteiger partial charge >= 0.3 is 0 Å². The molecule has 0 radical (unpaired) electrons. The van der Waals surface area contributed by atoms with Gasteiger partial charge in [-0.2, -0.15) is 4.98 Å². The summed E-state index contributed by atoms with van der Waals surface area (Å²) < 4.78 is 5.27. The van der Waals surface area contributed by atoms with Crippen molar-refractivity contribution in [3.8, 4) is 0 Å². The summed E-state index contributed by atoms with van der Waals surface area (Å²) in [6.45, 7) is 8.25. The normalized spacial score (nSPS) is 11.8. The molecule has 0 amide bonds. The van der Waals surface area contributed by atoms with E-state index in [1.807, 2.05) is 25.1 Å². The average molecular weight is 277 g/mol. The van der Waals surface area contributed by atoms with Crippen molar-refractivity contribution in [2.45, 2.75) is 43.8 Å². The summed E-state index contributed by atoms with van der Waals surface area (Å²) in [4.78, 5) is 5.61. The van der Waals surface area contributed by atoms with Gasteiger partial charge in [-0.05, 0) is 30.7 Å². The third kappa shape index (κ3) is 3.50. The quantitative estimate of drug-likeness (QED) is 0.686. The van der Waals surface area contributed by atoms with Crippen molar-refractivity contribution in [1.82, 2.24) is 10.1 Å². The molecule has 5 heteroatoms. The van der Waals surface area contributed by atoms with Crippen LogP contribution in [-0.4, -0.2) is 10.1 Å². The van der Waals surface area contributed by atoms with Crippen LogP contribution in [0.4, 0.5) is 5.69 Å². The molecule has 0 saturated heterocycles. The SMILES string of the molecule is Cc1cc(N)ccc1SCc1nc(C(C)(C)C)no1. The van der Waals surface area contributed by atoms with Gasteiger partial charge in [0.05, 0.1) is 5.75 Å². The molecule has 19 heavy (non-hydrogen) atoms. The van der Waals surface area contributed by atoms with Crippen LogP contribution in [0.25, 0.3) is 0 Å². The highest BCUT2D eigenvalue weighted by Crippen LogP contribution is 2.27. The fraction of sp³-hybridized carbons (Fsp3) is 0.429. The maximum absolute atomic E-state index is 5.74. The second-order valence-corrected chi connectivity index (χ2v) is 6.59. The van der Waals surface area contributed by atoms with Crippen molar-refractivity contribution in [3.05, 3.63) is 35.5 Å². The maximum atomic E-state index is 5.74. The highest BCUT2D eigenvalue weighted by Gasteiger charge is 2.20. The van der Waals surface area contributed by atoms with E-state index < -0.39 is 0 Å². The Morgan fingerprint density at radius 1 is 1.32 bits per heavy atom. The number of nitrogen functional groups attached to an aromatic ring is 1. The van der Waals surface area contributed by atoms with Crippen LogP contribution in [0.3, 0.4) is 0 Å². The van der Waals surface area contributed by atoms with Gasteiger partial charge in [0.1, 0.15) is 0 Å². The number of rotatable bonds is 3. The van der Waals surface area contributed by atoms with Gasteiger partial charge in [0.25, 0.3) is 0 Å². The second-order valence-electron chi connectivity index (χ2n) is 5.58. The van der Waals surface area contributed by atoms with Gasteiger partial charge in [-0.3, -0.25) is 0 Å². The van der Waals surface area contributed by atoms with E-state index in [1.54, 1.807) is 11.8 Å². The monoisotopic (exact) mass is 277 g/mol. The summed E-state index contributed by atoms with van der Waals surface area (Å²) in [6, 6.07) is 5.90. The molecule has 0 bridgehead atoms. The van der Waals surface area contributed by atoms with Crippen molar-refractivity contribution >= 4 is 17.4 Å². The fourth-order valence-electron chi connectivity index (χ4n) is 1.59. The molecule has 102 valence electrons. The molecule has 1 aromatic heterocycles. The van der Waals surface area contributed by atoms with E-state index in [2.05, 4.69) is 30.9 Å². The molecule has 0 atom stereocenters. The topological polar surface area (TPSA) is 64.9 Å². The molecule has 1 aromatic carbocycles. The van der Waals surface area contributed by atoms with Gasteiger partial charge in [0.2, 0.25) is 5.89 Å². The lowest BCUT2D eigenvalue weighted by atomic mass is 9.96. The van der Waals surface area contributed by atoms with Crippen LogP contribution in [0.15, 0.2) is 27.6 Å². The minimum Gasteiger partial charge on any atom is -0.399 e. The predicted molar refractivity (Wildman–Crippen MR) is 78.2 cm³/mol. The molecule has 0 aliphatic heterocycles. The van der Waals surface area contributed by atoms with E-state index in [9.17, 15) is 0 Å². The van der Waals surface area contributed by atoms with Gasteiger partial charge in [-0.25, -0.2) is 0 Å². The molecule has 0 aliphatic rings. The van der Waals surface area contributed by atoms with Crippen LogP contribution in [0.2, 0.25) is 0 Å². The summed E-state index contributed by atoms with van der Waals surface area (Å²) in [5.74, 6) is 2.08. The van der Waals surface area contributed by atoms with Gasteiger partial charge in [0, 0.05) is 16.0 Å². The summed E-state index contributed by atoms with van der Waals surface area (Å²) in [7, 11) is 0. The van der Waals surface area contributed by atoms with Gasteiger partial charge < -0.3 is 10.3 Å². The molecule has 2 rings (SSSR count). The first-order chi connectivity index (χ1) is 8.86. The molecule has 0 fully saturated rings.